The summed E-state index contributed by atoms with van der Waals surface area (Å²) in [5.41, 5.74) is 4.18. The molecule has 1 amide bonds. The lowest BCUT2D eigenvalue weighted by Crippen LogP contribution is -2.52. The number of pyridine rings is 2. The Labute approximate surface area is 207 Å². The second-order valence-corrected chi connectivity index (χ2v) is 9.49. The van der Waals surface area contributed by atoms with Crippen molar-refractivity contribution < 1.29 is 14.6 Å². The van der Waals surface area contributed by atoms with E-state index < -0.39 is 5.60 Å². The first-order valence-corrected chi connectivity index (χ1v) is 11.8. The summed E-state index contributed by atoms with van der Waals surface area (Å²) in [5, 5.41) is 16.5. The molecule has 4 aromatic heterocycles. The number of fused-ring (bicyclic) bond motifs is 2. The average Bonchev–Trinajstić information content (AvgIpc) is 3.49. The average molecular weight is 487 g/mol. The van der Waals surface area contributed by atoms with Crippen molar-refractivity contribution in [3.8, 4) is 11.4 Å². The minimum Gasteiger partial charge on any atom is -0.388 e. The normalized spacial score (nSPS) is 17.8. The molecule has 0 bridgehead atoms. The summed E-state index contributed by atoms with van der Waals surface area (Å²) in [7, 11) is 0. The van der Waals surface area contributed by atoms with Gasteiger partial charge in [0.2, 0.25) is 0 Å². The van der Waals surface area contributed by atoms with Crippen molar-refractivity contribution in [3.05, 3.63) is 60.4 Å². The smallest absolute Gasteiger partial charge is 0.254 e. The van der Waals surface area contributed by atoms with Gasteiger partial charge in [-0.3, -0.25) is 19.2 Å². The molecule has 1 atom stereocenters. The predicted octanol–water partition coefficient (Wildman–Crippen LogP) is 2.15. The van der Waals surface area contributed by atoms with Gasteiger partial charge >= 0.3 is 0 Å². The van der Waals surface area contributed by atoms with Gasteiger partial charge in [0, 0.05) is 37.6 Å². The van der Waals surface area contributed by atoms with Crippen molar-refractivity contribution in [2.45, 2.75) is 32.1 Å². The Kier molecular flexibility index (Phi) is 5.31. The molecule has 0 saturated carbocycles. The minimum absolute atomic E-state index is 0.158. The van der Waals surface area contributed by atoms with Crippen LogP contribution in [0, 0.1) is 0 Å². The third kappa shape index (κ3) is 3.91. The number of nitrogens with one attached hydrogen (secondary N) is 2. The van der Waals surface area contributed by atoms with Gasteiger partial charge in [0.15, 0.2) is 5.65 Å². The zero-order chi connectivity index (χ0) is 24.9. The monoisotopic (exact) mass is 486 g/mol. The maximum Gasteiger partial charge on any atom is 0.254 e. The standard InChI is InChI=1S/C25H26N8O3/c1-25(2,35)19-14-32(7-8-36-19)15-3-4-20(27-9-15)31-17-11-29-23(16-10-30-24(34)22(16)17)18-12-28-21-13-26-5-6-33(18)21/h3-6,9,11-13,19,35H,7-8,10,14H2,1-2H3,(H,27,31)(H,30,34). The van der Waals surface area contributed by atoms with Crippen molar-refractivity contribution in [2.24, 2.45) is 0 Å². The highest BCUT2D eigenvalue weighted by atomic mass is 16.5. The van der Waals surface area contributed by atoms with Gasteiger partial charge < -0.3 is 25.4 Å². The van der Waals surface area contributed by atoms with Crippen LogP contribution in [0.4, 0.5) is 17.2 Å². The molecule has 11 heteroatoms. The molecule has 3 N–H and O–H groups in total. The van der Waals surface area contributed by atoms with E-state index in [0.717, 1.165) is 23.5 Å². The van der Waals surface area contributed by atoms with Crippen LogP contribution in [0.15, 0.2) is 49.3 Å². The fraction of sp³-hybridized carbons (Fsp3) is 0.320. The van der Waals surface area contributed by atoms with Crippen molar-refractivity contribution >= 4 is 28.7 Å². The van der Waals surface area contributed by atoms with Crippen LogP contribution in [0.25, 0.3) is 17.0 Å². The molecule has 0 spiro atoms. The highest BCUT2D eigenvalue weighted by Crippen LogP contribution is 2.33. The third-order valence-electron chi connectivity index (χ3n) is 6.62. The number of anilines is 3. The number of ether oxygens (including phenoxy) is 1. The first-order chi connectivity index (χ1) is 17.4. The molecule has 184 valence electrons. The molecule has 1 saturated heterocycles. The SMILES string of the molecule is CC(C)(O)C1CN(c2ccc(Nc3cnc(-c4cnc5cnccn45)c4c3C(=O)NC4)nc2)CCO1. The van der Waals surface area contributed by atoms with Crippen LogP contribution in [-0.4, -0.2) is 66.8 Å². The number of carbonyl (C=O) groups excluding carboxylic acids is 1. The van der Waals surface area contributed by atoms with E-state index >= 15 is 0 Å². The van der Waals surface area contributed by atoms with Gasteiger partial charge in [0.25, 0.3) is 5.91 Å². The van der Waals surface area contributed by atoms with Crippen molar-refractivity contribution in [2.75, 3.05) is 29.9 Å². The minimum atomic E-state index is -0.923. The summed E-state index contributed by atoms with van der Waals surface area (Å²) in [5.74, 6) is 0.442. The third-order valence-corrected chi connectivity index (χ3v) is 6.62. The number of imidazole rings is 1. The number of nitrogens with zero attached hydrogens (tertiary/aromatic N) is 6. The molecular weight excluding hydrogens is 460 g/mol. The molecule has 0 radical (unpaired) electrons. The van der Waals surface area contributed by atoms with E-state index in [-0.39, 0.29) is 12.0 Å². The van der Waals surface area contributed by atoms with Gasteiger partial charge in [0.1, 0.15) is 11.9 Å². The highest BCUT2D eigenvalue weighted by molar-refractivity contribution is 6.05. The molecule has 1 unspecified atom stereocenters. The fourth-order valence-electron chi connectivity index (χ4n) is 4.67. The van der Waals surface area contributed by atoms with E-state index in [1.807, 2.05) is 22.7 Å². The molecule has 2 aliphatic rings. The van der Waals surface area contributed by atoms with E-state index in [2.05, 4.69) is 35.5 Å². The van der Waals surface area contributed by atoms with Gasteiger partial charge in [-0.15, -0.1) is 0 Å². The Morgan fingerprint density at radius 2 is 2.06 bits per heavy atom. The number of morpholine rings is 1. The molecule has 4 aromatic rings. The first kappa shape index (κ1) is 22.4. The van der Waals surface area contributed by atoms with Crippen LogP contribution in [-0.2, 0) is 11.3 Å². The van der Waals surface area contributed by atoms with Gasteiger partial charge in [-0.2, -0.15) is 0 Å². The topological polar surface area (TPSA) is 130 Å². The van der Waals surface area contributed by atoms with E-state index in [1.165, 1.54) is 0 Å². The summed E-state index contributed by atoms with van der Waals surface area (Å²) in [6.07, 6.45) is 10.1. The number of hydrogen-bond donors (Lipinski definition) is 3. The summed E-state index contributed by atoms with van der Waals surface area (Å²) < 4.78 is 7.63. The number of carbonyl (C=O) groups is 1. The quantitative estimate of drug-likeness (QED) is 0.388. The Hall–Kier alpha value is -4.09. The summed E-state index contributed by atoms with van der Waals surface area (Å²) in [6.45, 7) is 5.74. The van der Waals surface area contributed by atoms with Crippen LogP contribution < -0.4 is 15.5 Å². The van der Waals surface area contributed by atoms with E-state index in [0.29, 0.717) is 48.1 Å². The number of amides is 1. The Morgan fingerprint density at radius 1 is 1.17 bits per heavy atom. The molecular formula is C25H26N8O3. The Balaban J connectivity index is 1.27. The molecule has 6 heterocycles. The van der Waals surface area contributed by atoms with E-state index in [1.54, 1.807) is 44.8 Å². The van der Waals surface area contributed by atoms with Crippen molar-refractivity contribution in [1.82, 2.24) is 29.7 Å². The van der Waals surface area contributed by atoms with Crippen LogP contribution in [0.5, 0.6) is 0 Å². The predicted molar refractivity (Wildman–Crippen MR) is 133 cm³/mol. The van der Waals surface area contributed by atoms with Crippen LogP contribution in [0.2, 0.25) is 0 Å². The number of aliphatic hydroxyl groups is 1. The highest BCUT2D eigenvalue weighted by Gasteiger charge is 2.33. The summed E-state index contributed by atoms with van der Waals surface area (Å²) in [4.78, 5) is 32.7. The van der Waals surface area contributed by atoms with Crippen molar-refractivity contribution in [1.29, 1.82) is 0 Å². The summed E-state index contributed by atoms with van der Waals surface area (Å²) >= 11 is 0. The van der Waals surface area contributed by atoms with E-state index in [4.69, 9.17) is 4.74 Å². The molecule has 0 aliphatic carbocycles. The Morgan fingerprint density at radius 3 is 2.86 bits per heavy atom. The zero-order valence-corrected chi connectivity index (χ0v) is 20.0. The largest absolute Gasteiger partial charge is 0.388 e. The first-order valence-electron chi connectivity index (χ1n) is 11.8. The van der Waals surface area contributed by atoms with Crippen molar-refractivity contribution in [3.63, 3.8) is 0 Å². The molecule has 6 rings (SSSR count). The van der Waals surface area contributed by atoms with Gasteiger partial charge in [0.05, 0.1) is 65.3 Å². The van der Waals surface area contributed by atoms with Gasteiger partial charge in [-0.05, 0) is 26.0 Å². The number of aromatic nitrogens is 5. The Bertz CT molecular complexity index is 1440. The second kappa shape index (κ2) is 8.54. The number of hydrogen-bond acceptors (Lipinski definition) is 9. The van der Waals surface area contributed by atoms with Crippen LogP contribution in [0.3, 0.4) is 0 Å². The fourth-order valence-corrected chi connectivity index (χ4v) is 4.67. The lowest BCUT2D eigenvalue weighted by molar-refractivity contribution is -0.0928. The van der Waals surface area contributed by atoms with E-state index in [9.17, 15) is 9.90 Å². The lowest BCUT2D eigenvalue weighted by atomic mass is 10.00. The molecule has 36 heavy (non-hydrogen) atoms. The van der Waals surface area contributed by atoms with Crippen LogP contribution >= 0.6 is 0 Å². The zero-order valence-electron chi connectivity index (χ0n) is 20.0. The van der Waals surface area contributed by atoms with Crippen LogP contribution in [0.1, 0.15) is 29.8 Å². The van der Waals surface area contributed by atoms with Gasteiger partial charge in [-0.25, -0.2) is 9.97 Å². The molecule has 11 nitrogen and oxygen atoms in total. The molecule has 1 fully saturated rings. The van der Waals surface area contributed by atoms with Gasteiger partial charge in [-0.1, -0.05) is 0 Å². The maximum atomic E-state index is 12.8. The number of rotatable bonds is 5. The second-order valence-electron chi connectivity index (χ2n) is 9.49. The maximum absolute atomic E-state index is 12.8. The molecule has 2 aliphatic heterocycles. The summed E-state index contributed by atoms with van der Waals surface area (Å²) in [6, 6.07) is 3.84. The lowest BCUT2D eigenvalue weighted by Gasteiger charge is -2.39. The molecule has 0 aromatic carbocycles.